The van der Waals surface area contributed by atoms with Crippen molar-refractivity contribution in [3.05, 3.63) is 113 Å². The molecule has 234 valence electrons. The highest BCUT2D eigenvalue weighted by Gasteiger charge is 2.48. The van der Waals surface area contributed by atoms with Crippen LogP contribution in [0, 0.1) is 5.82 Å². The van der Waals surface area contributed by atoms with E-state index in [0.717, 1.165) is 35.2 Å². The summed E-state index contributed by atoms with van der Waals surface area (Å²) in [7, 11) is 1.33. The van der Waals surface area contributed by atoms with E-state index in [0.29, 0.717) is 28.0 Å². The second kappa shape index (κ2) is 13.7. The molecule has 1 amide bonds. The van der Waals surface area contributed by atoms with Crippen molar-refractivity contribution in [3.63, 3.8) is 0 Å². The van der Waals surface area contributed by atoms with Crippen LogP contribution in [0.3, 0.4) is 0 Å². The molecule has 5 aromatic rings. The number of ether oxygens (including phenoxy) is 2. The average molecular weight is 656 g/mol. The van der Waals surface area contributed by atoms with E-state index in [1.54, 1.807) is 24.3 Å². The highest BCUT2D eigenvalue weighted by Crippen LogP contribution is 2.44. The molecule has 46 heavy (non-hydrogen) atoms. The van der Waals surface area contributed by atoms with Crippen molar-refractivity contribution in [2.24, 2.45) is 0 Å². The zero-order valence-electron chi connectivity index (χ0n) is 25.1. The predicted molar refractivity (Wildman–Crippen MR) is 178 cm³/mol. The summed E-state index contributed by atoms with van der Waals surface area (Å²) in [5, 5.41) is 22.5. The second-order valence-electron chi connectivity index (χ2n) is 10.6. The van der Waals surface area contributed by atoms with Crippen LogP contribution < -0.4 is 14.4 Å². The number of aliphatic hydroxyl groups is 1. The number of methoxy groups -OCH3 is 1. The maximum Gasteiger partial charge on any atom is 0.301 e. The molecule has 6 rings (SSSR count). The Morgan fingerprint density at radius 3 is 2.57 bits per heavy atom. The maximum absolute atomic E-state index is 14.6. The number of carbonyl (C=O) groups excluding carboxylic acids is 2. The fraction of sp³-hybridized carbons (Fsp3) is 0.200. The molecular weight excluding hydrogens is 626 g/mol. The van der Waals surface area contributed by atoms with Crippen molar-refractivity contribution in [3.8, 4) is 11.5 Å². The summed E-state index contributed by atoms with van der Waals surface area (Å²) in [4.78, 5) is 28.5. The molecule has 1 N–H and O–H groups in total. The van der Waals surface area contributed by atoms with Gasteiger partial charge in [0.05, 0.1) is 25.3 Å². The molecule has 8 nitrogen and oxygen atoms in total. The Bertz CT molecular complexity index is 1940. The van der Waals surface area contributed by atoms with E-state index in [4.69, 9.17) is 9.47 Å². The molecule has 1 aliphatic rings. The zero-order chi connectivity index (χ0) is 32.2. The van der Waals surface area contributed by atoms with Gasteiger partial charge in [-0.05, 0) is 58.7 Å². The number of aliphatic hydroxyl groups excluding tert-OH is 1. The number of Topliss-reactive ketones (excluding diaryl/α,β-unsaturated/α-hetero) is 1. The Morgan fingerprint density at radius 2 is 1.80 bits per heavy atom. The number of anilines is 1. The number of hydrogen-bond acceptors (Lipinski definition) is 9. The smallest absolute Gasteiger partial charge is 0.301 e. The first-order chi connectivity index (χ1) is 22.4. The third kappa shape index (κ3) is 6.20. The molecule has 1 unspecified atom stereocenters. The predicted octanol–water partition coefficient (Wildman–Crippen LogP) is 7.94. The summed E-state index contributed by atoms with van der Waals surface area (Å²) in [6, 6.07) is 24.1. The number of halogens is 1. The average Bonchev–Trinajstić information content (AvgIpc) is 3.65. The number of rotatable bonds is 11. The SMILES string of the molecule is CCCCOc1ccc(C2/C(=C(\O)c3ccc(OC)c(F)c3)C(=O)C(=O)N2c2nnc(SCc3cccc4ccccc34)s2)cc1. The van der Waals surface area contributed by atoms with Crippen LogP contribution in [-0.4, -0.2) is 40.7 Å². The van der Waals surface area contributed by atoms with Crippen LogP contribution in [0.25, 0.3) is 16.5 Å². The normalized spacial score (nSPS) is 15.9. The lowest BCUT2D eigenvalue weighted by atomic mass is 9.95. The Morgan fingerprint density at radius 1 is 1.02 bits per heavy atom. The number of fused-ring (bicyclic) bond motifs is 1. The summed E-state index contributed by atoms with van der Waals surface area (Å²) in [5.74, 6) is -1.77. The number of aromatic nitrogens is 2. The lowest BCUT2D eigenvalue weighted by Crippen LogP contribution is -2.29. The first-order valence-corrected chi connectivity index (χ1v) is 16.5. The van der Waals surface area contributed by atoms with E-state index in [-0.39, 0.29) is 22.0 Å². The number of nitrogens with zero attached hydrogens (tertiary/aromatic N) is 3. The third-order valence-corrected chi connectivity index (χ3v) is 9.77. The van der Waals surface area contributed by atoms with E-state index >= 15 is 0 Å². The molecule has 1 aromatic heterocycles. The van der Waals surface area contributed by atoms with Gasteiger partial charge in [0.15, 0.2) is 15.9 Å². The van der Waals surface area contributed by atoms with Crippen molar-refractivity contribution >= 4 is 56.5 Å². The molecule has 1 fully saturated rings. The van der Waals surface area contributed by atoms with Crippen LogP contribution in [0.1, 0.15) is 42.5 Å². The topological polar surface area (TPSA) is 102 Å². The molecule has 4 aromatic carbocycles. The van der Waals surface area contributed by atoms with Gasteiger partial charge in [0, 0.05) is 11.3 Å². The minimum atomic E-state index is -1.04. The minimum absolute atomic E-state index is 0.0189. The number of benzene rings is 4. The Kier molecular flexibility index (Phi) is 9.32. The number of unbranched alkanes of at least 4 members (excludes halogenated alkanes) is 1. The third-order valence-electron chi connectivity index (χ3n) is 7.67. The van der Waals surface area contributed by atoms with Crippen LogP contribution in [0.15, 0.2) is 94.8 Å². The first kappa shape index (κ1) is 31.3. The van der Waals surface area contributed by atoms with Crippen molar-refractivity contribution in [1.29, 1.82) is 0 Å². The van der Waals surface area contributed by atoms with E-state index in [2.05, 4.69) is 41.4 Å². The quantitative estimate of drug-likeness (QED) is 0.0382. The summed E-state index contributed by atoms with van der Waals surface area (Å²) >= 11 is 2.66. The second-order valence-corrected chi connectivity index (χ2v) is 12.7. The minimum Gasteiger partial charge on any atom is -0.507 e. The van der Waals surface area contributed by atoms with Gasteiger partial charge < -0.3 is 14.6 Å². The van der Waals surface area contributed by atoms with Gasteiger partial charge in [-0.2, -0.15) is 0 Å². The lowest BCUT2D eigenvalue weighted by molar-refractivity contribution is -0.132. The number of hydrogen-bond donors (Lipinski definition) is 1. The van der Waals surface area contributed by atoms with Crippen LogP contribution in [0.2, 0.25) is 0 Å². The number of ketones is 1. The van der Waals surface area contributed by atoms with Crippen LogP contribution in [0.4, 0.5) is 9.52 Å². The maximum atomic E-state index is 14.6. The highest BCUT2D eigenvalue weighted by molar-refractivity contribution is 8.00. The molecule has 0 bridgehead atoms. The van der Waals surface area contributed by atoms with Gasteiger partial charge in [0.25, 0.3) is 5.78 Å². The first-order valence-electron chi connectivity index (χ1n) is 14.7. The van der Waals surface area contributed by atoms with Gasteiger partial charge in [-0.25, -0.2) is 4.39 Å². The van der Waals surface area contributed by atoms with Crippen molar-refractivity contribution in [2.45, 2.75) is 35.9 Å². The van der Waals surface area contributed by atoms with Gasteiger partial charge >= 0.3 is 5.91 Å². The van der Waals surface area contributed by atoms with Gasteiger partial charge in [0.1, 0.15) is 11.5 Å². The molecule has 0 radical (unpaired) electrons. The molecular formula is C35H30FN3O5S2. The summed E-state index contributed by atoms with van der Waals surface area (Å²) in [5.41, 5.74) is 1.52. The van der Waals surface area contributed by atoms with Crippen LogP contribution in [-0.2, 0) is 15.3 Å². The van der Waals surface area contributed by atoms with E-state index in [9.17, 15) is 19.1 Å². The van der Waals surface area contributed by atoms with Gasteiger partial charge in [0.2, 0.25) is 5.13 Å². The van der Waals surface area contributed by atoms with E-state index in [1.165, 1.54) is 47.2 Å². The Balaban J connectivity index is 1.36. The Labute approximate surface area is 273 Å². The van der Waals surface area contributed by atoms with Gasteiger partial charge in [-0.1, -0.05) is 91.0 Å². The molecule has 0 saturated carbocycles. The van der Waals surface area contributed by atoms with Crippen molar-refractivity contribution in [1.82, 2.24) is 10.2 Å². The monoisotopic (exact) mass is 655 g/mol. The highest BCUT2D eigenvalue weighted by atomic mass is 32.2. The van der Waals surface area contributed by atoms with Crippen molar-refractivity contribution < 1.29 is 28.6 Å². The number of amides is 1. The van der Waals surface area contributed by atoms with Crippen LogP contribution in [0.5, 0.6) is 11.5 Å². The molecule has 1 saturated heterocycles. The molecule has 0 aliphatic carbocycles. The zero-order valence-corrected chi connectivity index (χ0v) is 26.7. The number of thioether (sulfide) groups is 1. The van der Waals surface area contributed by atoms with Gasteiger partial charge in [-0.15, -0.1) is 10.2 Å². The fourth-order valence-corrected chi connectivity index (χ4v) is 7.18. The van der Waals surface area contributed by atoms with Crippen molar-refractivity contribution in [2.75, 3.05) is 18.6 Å². The van der Waals surface area contributed by atoms with Crippen LogP contribution >= 0.6 is 23.1 Å². The van der Waals surface area contributed by atoms with Gasteiger partial charge in [-0.3, -0.25) is 14.5 Å². The molecule has 1 aliphatic heterocycles. The summed E-state index contributed by atoms with van der Waals surface area (Å²) in [6.07, 6.45) is 1.89. The largest absolute Gasteiger partial charge is 0.507 e. The summed E-state index contributed by atoms with van der Waals surface area (Å²) < 4.78 is 26.0. The molecule has 2 heterocycles. The standard InChI is InChI=1S/C35H30FN3O5S2/c1-3-4-18-44-25-15-12-22(13-16-25)30-29(31(40)23-14-17-28(43-2)27(36)19-23)32(41)33(42)39(30)34-37-38-35(46-34)45-20-24-10-7-9-21-8-5-6-11-26(21)24/h5-17,19,30,40H,3-4,18,20H2,1-2H3/b31-29+. The Hall–Kier alpha value is -4.74. The van der Waals surface area contributed by atoms with E-state index < -0.39 is 29.3 Å². The molecule has 1 atom stereocenters. The lowest BCUT2D eigenvalue weighted by Gasteiger charge is -2.22. The fourth-order valence-electron chi connectivity index (χ4n) is 5.31. The van der Waals surface area contributed by atoms with E-state index in [1.807, 2.05) is 18.2 Å². The summed E-state index contributed by atoms with van der Waals surface area (Å²) in [6.45, 7) is 2.63. The number of carbonyl (C=O) groups is 2. The molecule has 0 spiro atoms. The molecule has 11 heteroatoms.